The highest BCUT2D eigenvalue weighted by Crippen LogP contribution is 2.35. The molecule has 5 rings (SSSR count). The van der Waals surface area contributed by atoms with Crippen LogP contribution in [0.2, 0.25) is 0 Å². The van der Waals surface area contributed by atoms with E-state index in [1.54, 1.807) is 12.3 Å². The first-order valence-electron chi connectivity index (χ1n) is 12.2. The summed E-state index contributed by atoms with van der Waals surface area (Å²) in [7, 11) is 3.91. The first kappa shape index (κ1) is 24.9. The Balaban J connectivity index is 1.41. The number of nitrogens with one attached hydrogen (secondary N) is 2. The number of nitrogens with zero attached hydrogens (tertiary/aromatic N) is 4. The topological polar surface area (TPSA) is 96.0 Å². The zero-order chi connectivity index (χ0) is 26.3. The van der Waals surface area contributed by atoms with Gasteiger partial charge < -0.3 is 19.9 Å². The van der Waals surface area contributed by atoms with Crippen LogP contribution in [0.5, 0.6) is 5.75 Å². The van der Waals surface area contributed by atoms with Gasteiger partial charge in [0.15, 0.2) is 5.75 Å². The fourth-order valence-corrected chi connectivity index (χ4v) is 4.05. The lowest BCUT2D eigenvalue weighted by Crippen LogP contribution is -2.12. The summed E-state index contributed by atoms with van der Waals surface area (Å²) in [5, 5.41) is 3.83. The lowest BCUT2D eigenvalue weighted by Gasteiger charge is -2.10. The van der Waals surface area contributed by atoms with Crippen LogP contribution in [0.15, 0.2) is 97.7 Å². The van der Waals surface area contributed by atoms with Gasteiger partial charge in [0, 0.05) is 47.2 Å². The molecule has 0 unspecified atom stereocenters. The van der Waals surface area contributed by atoms with Gasteiger partial charge in [-0.3, -0.25) is 4.79 Å². The van der Waals surface area contributed by atoms with Gasteiger partial charge in [-0.2, -0.15) is 0 Å². The summed E-state index contributed by atoms with van der Waals surface area (Å²) in [4.78, 5) is 30.9. The number of fused-ring (bicyclic) bond motifs is 1. The molecule has 2 aromatic carbocycles. The number of carbonyl (C=O) groups excluding carboxylic acids is 1. The molecule has 0 aliphatic heterocycles. The van der Waals surface area contributed by atoms with E-state index in [1.165, 1.54) is 6.33 Å². The Kier molecular flexibility index (Phi) is 7.52. The number of benzene rings is 2. The van der Waals surface area contributed by atoms with Crippen molar-refractivity contribution < 1.29 is 9.53 Å². The van der Waals surface area contributed by atoms with Crippen LogP contribution < -0.4 is 10.1 Å². The monoisotopic (exact) mass is 504 g/mol. The van der Waals surface area contributed by atoms with Crippen molar-refractivity contribution in [1.82, 2.24) is 24.8 Å². The molecule has 0 fully saturated rings. The quantitative estimate of drug-likeness (QED) is 0.264. The number of H-pyrrole nitrogens is 1. The molecule has 5 aromatic rings. The lowest BCUT2D eigenvalue weighted by atomic mass is 10.0. The summed E-state index contributed by atoms with van der Waals surface area (Å²) in [6.07, 6.45) is 10.3. The predicted molar refractivity (Wildman–Crippen MR) is 150 cm³/mol. The largest absolute Gasteiger partial charge is 0.485 e. The standard InChI is InChI=1S/C30H28N6O2/c1-36(2)13-7-12-28(37)35-24-11-6-10-22(14-24)23-15-25-26(17-33-30(25)32-16-23)29-27(18-31-20-34-29)38-19-21-8-4-3-5-9-21/h3-12,14-18,20H,13,19H2,1-2H3,(H,32,33)(H,35,37). The first-order valence-corrected chi connectivity index (χ1v) is 12.2. The smallest absolute Gasteiger partial charge is 0.248 e. The van der Waals surface area contributed by atoms with Crippen molar-refractivity contribution in [2.24, 2.45) is 0 Å². The molecule has 0 saturated heterocycles. The Morgan fingerprint density at radius 3 is 2.74 bits per heavy atom. The summed E-state index contributed by atoms with van der Waals surface area (Å²) in [6, 6.07) is 19.7. The molecular formula is C30H28N6O2. The molecule has 2 N–H and O–H groups in total. The molecule has 0 spiro atoms. The number of carbonyl (C=O) groups is 1. The highest BCUT2D eigenvalue weighted by atomic mass is 16.5. The summed E-state index contributed by atoms with van der Waals surface area (Å²) < 4.78 is 6.10. The number of hydrogen-bond acceptors (Lipinski definition) is 6. The maximum atomic E-state index is 12.3. The highest BCUT2D eigenvalue weighted by Gasteiger charge is 2.15. The molecule has 0 saturated carbocycles. The van der Waals surface area contributed by atoms with Gasteiger partial charge in [-0.25, -0.2) is 15.0 Å². The minimum Gasteiger partial charge on any atom is -0.485 e. The summed E-state index contributed by atoms with van der Waals surface area (Å²) in [6.45, 7) is 1.11. The van der Waals surface area contributed by atoms with Crippen LogP contribution in [0.4, 0.5) is 5.69 Å². The predicted octanol–water partition coefficient (Wildman–Crippen LogP) is 5.32. The minimum atomic E-state index is -0.169. The zero-order valence-electron chi connectivity index (χ0n) is 21.3. The summed E-state index contributed by atoms with van der Waals surface area (Å²) >= 11 is 0. The van der Waals surface area contributed by atoms with E-state index in [4.69, 9.17) is 4.74 Å². The molecule has 3 heterocycles. The van der Waals surface area contributed by atoms with Gasteiger partial charge in [0.2, 0.25) is 5.91 Å². The second-order valence-corrected chi connectivity index (χ2v) is 9.07. The Hall–Kier alpha value is -4.82. The molecule has 190 valence electrons. The van der Waals surface area contributed by atoms with Crippen molar-refractivity contribution in [1.29, 1.82) is 0 Å². The fraction of sp³-hybridized carbons (Fsp3) is 0.133. The molecule has 0 radical (unpaired) electrons. The number of anilines is 1. The molecule has 1 amide bonds. The van der Waals surface area contributed by atoms with Gasteiger partial charge in [0.1, 0.15) is 24.3 Å². The molecular weight excluding hydrogens is 476 g/mol. The second-order valence-electron chi connectivity index (χ2n) is 9.07. The minimum absolute atomic E-state index is 0.169. The SMILES string of the molecule is CN(C)CC=CC(=O)Nc1cccc(-c2cnc3[nH]cc(-c4ncncc4OCc4ccccc4)c3c2)c1. The molecule has 0 aliphatic carbocycles. The average Bonchev–Trinajstić information content (AvgIpc) is 3.36. The molecule has 38 heavy (non-hydrogen) atoms. The number of amides is 1. The Bertz CT molecular complexity index is 1580. The Labute approximate surface area is 221 Å². The molecule has 0 aliphatic rings. The van der Waals surface area contributed by atoms with E-state index in [2.05, 4.69) is 31.3 Å². The van der Waals surface area contributed by atoms with E-state index < -0.39 is 0 Å². The number of aromatic amines is 1. The van der Waals surface area contributed by atoms with Crippen molar-refractivity contribution in [3.8, 4) is 28.1 Å². The normalized spacial score (nSPS) is 11.3. The first-order chi connectivity index (χ1) is 18.6. The molecule has 8 nitrogen and oxygen atoms in total. The van der Waals surface area contributed by atoms with Gasteiger partial charge in [0.05, 0.1) is 6.20 Å². The van der Waals surface area contributed by atoms with Gasteiger partial charge in [-0.05, 0) is 43.4 Å². The van der Waals surface area contributed by atoms with Crippen LogP contribution in [0.25, 0.3) is 33.4 Å². The number of pyridine rings is 1. The number of hydrogen-bond donors (Lipinski definition) is 2. The molecule has 8 heteroatoms. The Morgan fingerprint density at radius 2 is 1.89 bits per heavy atom. The van der Waals surface area contributed by atoms with Crippen LogP contribution in [0, 0.1) is 0 Å². The highest BCUT2D eigenvalue weighted by molar-refractivity contribution is 6.00. The maximum absolute atomic E-state index is 12.3. The van der Waals surface area contributed by atoms with Crippen molar-refractivity contribution in [3.63, 3.8) is 0 Å². The zero-order valence-corrected chi connectivity index (χ0v) is 21.3. The third kappa shape index (κ3) is 5.93. The molecule has 0 bridgehead atoms. The van der Waals surface area contributed by atoms with E-state index in [0.29, 0.717) is 30.3 Å². The summed E-state index contributed by atoms with van der Waals surface area (Å²) in [5.41, 5.74) is 5.92. The number of rotatable bonds is 9. The fourth-order valence-electron chi connectivity index (χ4n) is 4.05. The van der Waals surface area contributed by atoms with Crippen molar-refractivity contribution >= 4 is 22.6 Å². The van der Waals surface area contributed by atoms with Gasteiger partial charge in [-0.1, -0.05) is 48.5 Å². The maximum Gasteiger partial charge on any atom is 0.248 e. The second kappa shape index (κ2) is 11.5. The van der Waals surface area contributed by atoms with Crippen LogP contribution in [0.3, 0.4) is 0 Å². The molecule has 3 aromatic heterocycles. The van der Waals surface area contributed by atoms with Gasteiger partial charge >= 0.3 is 0 Å². The van der Waals surface area contributed by atoms with Crippen LogP contribution in [-0.2, 0) is 11.4 Å². The van der Waals surface area contributed by atoms with E-state index in [1.807, 2.05) is 92.1 Å². The van der Waals surface area contributed by atoms with Crippen molar-refractivity contribution in [3.05, 3.63) is 103 Å². The lowest BCUT2D eigenvalue weighted by molar-refractivity contribution is -0.111. The Morgan fingerprint density at radius 1 is 1.03 bits per heavy atom. The van der Waals surface area contributed by atoms with Gasteiger partial charge in [-0.15, -0.1) is 0 Å². The van der Waals surface area contributed by atoms with Crippen LogP contribution >= 0.6 is 0 Å². The average molecular weight is 505 g/mol. The van der Waals surface area contributed by atoms with E-state index >= 15 is 0 Å². The summed E-state index contributed by atoms with van der Waals surface area (Å²) in [5.74, 6) is 0.423. The van der Waals surface area contributed by atoms with Crippen molar-refractivity contribution in [2.75, 3.05) is 26.0 Å². The van der Waals surface area contributed by atoms with E-state index in [9.17, 15) is 4.79 Å². The number of likely N-dealkylation sites (N-methyl/N-ethyl adjacent to an activating group) is 1. The van der Waals surface area contributed by atoms with Crippen molar-refractivity contribution in [2.45, 2.75) is 6.61 Å². The van der Waals surface area contributed by atoms with E-state index in [-0.39, 0.29) is 5.91 Å². The molecule has 0 atom stereocenters. The third-order valence-electron chi connectivity index (χ3n) is 5.91. The van der Waals surface area contributed by atoms with Crippen LogP contribution in [-0.4, -0.2) is 51.4 Å². The van der Waals surface area contributed by atoms with Gasteiger partial charge in [0.25, 0.3) is 0 Å². The van der Waals surface area contributed by atoms with E-state index in [0.717, 1.165) is 33.3 Å². The number of aromatic nitrogens is 4. The third-order valence-corrected chi connectivity index (χ3v) is 5.91. The number of ether oxygens (including phenoxy) is 1. The van der Waals surface area contributed by atoms with Crippen LogP contribution in [0.1, 0.15) is 5.56 Å².